The molecule has 6 nitrogen and oxygen atoms in total. The smallest absolute Gasteiger partial charge is 0.250 e. The number of benzene rings is 1. The molecule has 2 aliphatic heterocycles. The molecule has 2 amide bonds. The first-order chi connectivity index (χ1) is 13.6. The van der Waals surface area contributed by atoms with Crippen molar-refractivity contribution in [2.75, 3.05) is 6.54 Å². The van der Waals surface area contributed by atoms with E-state index in [1.165, 1.54) is 31.4 Å². The largest absolute Gasteiger partial charge is 0.353 e. The molecule has 1 aliphatic carbocycles. The van der Waals surface area contributed by atoms with E-state index in [0.29, 0.717) is 25.4 Å². The van der Waals surface area contributed by atoms with Gasteiger partial charge in [-0.05, 0) is 37.0 Å². The van der Waals surface area contributed by atoms with Gasteiger partial charge in [0.1, 0.15) is 11.9 Å². The van der Waals surface area contributed by atoms with Crippen LogP contribution in [0.1, 0.15) is 56.6 Å². The minimum absolute atomic E-state index is 0.00919. The zero-order chi connectivity index (χ0) is 19.5. The highest BCUT2D eigenvalue weighted by molar-refractivity contribution is 5.85. The predicted molar refractivity (Wildman–Crippen MR) is 103 cm³/mol. The summed E-state index contributed by atoms with van der Waals surface area (Å²) in [6.45, 7) is 0.388. The van der Waals surface area contributed by atoms with E-state index in [0.717, 1.165) is 18.4 Å². The van der Waals surface area contributed by atoms with E-state index in [-0.39, 0.29) is 29.7 Å². The molecule has 2 N–H and O–H groups in total. The summed E-state index contributed by atoms with van der Waals surface area (Å²) in [6, 6.07) is 6.31. The number of nitrogens with zero attached hydrogens (tertiary/aromatic N) is 2. The van der Waals surface area contributed by atoms with Crippen LogP contribution in [0.2, 0.25) is 0 Å². The first-order valence-electron chi connectivity index (χ1n) is 10.2. The zero-order valence-corrected chi connectivity index (χ0v) is 15.9. The van der Waals surface area contributed by atoms with Crippen molar-refractivity contribution >= 4 is 11.8 Å². The molecule has 2 fully saturated rings. The molecule has 1 saturated heterocycles. The lowest BCUT2D eigenvalue weighted by atomic mass is 9.95. The van der Waals surface area contributed by atoms with Crippen LogP contribution in [0.4, 0.5) is 4.39 Å². The fourth-order valence-electron chi connectivity index (χ4n) is 4.30. The average molecular weight is 386 g/mol. The number of nitrogens with one attached hydrogen (secondary N) is 2. The second-order valence-electron chi connectivity index (χ2n) is 7.87. The first kappa shape index (κ1) is 18.9. The van der Waals surface area contributed by atoms with E-state index in [1.807, 2.05) is 11.2 Å². The first-order valence-corrected chi connectivity index (χ1v) is 10.2. The Morgan fingerprint density at radius 1 is 1.14 bits per heavy atom. The fraction of sp³-hybridized carbons (Fsp3) is 0.524. The third-order valence-corrected chi connectivity index (χ3v) is 5.90. The summed E-state index contributed by atoms with van der Waals surface area (Å²) in [5.41, 5.74) is 4.25. The van der Waals surface area contributed by atoms with Crippen molar-refractivity contribution in [2.24, 2.45) is 0 Å². The van der Waals surface area contributed by atoms with Crippen LogP contribution in [-0.4, -0.2) is 40.4 Å². The van der Waals surface area contributed by atoms with E-state index in [9.17, 15) is 14.0 Å². The minimum Gasteiger partial charge on any atom is -0.353 e. The molecule has 1 aromatic carbocycles. The Labute approximate surface area is 164 Å². The Morgan fingerprint density at radius 2 is 1.89 bits per heavy atom. The molecule has 3 aliphatic rings. The topological polar surface area (TPSA) is 64.7 Å². The van der Waals surface area contributed by atoms with Crippen LogP contribution in [0.15, 0.2) is 36.7 Å². The molecule has 150 valence electrons. The van der Waals surface area contributed by atoms with Gasteiger partial charge in [-0.15, -0.1) is 0 Å². The highest BCUT2D eigenvalue weighted by Crippen LogP contribution is 2.30. The number of hydrogen-bond acceptors (Lipinski definition) is 4. The normalized spacial score (nSPS) is 25.1. The number of amides is 2. The van der Waals surface area contributed by atoms with Crippen molar-refractivity contribution in [3.05, 3.63) is 48.0 Å². The van der Waals surface area contributed by atoms with Crippen LogP contribution >= 0.6 is 0 Å². The summed E-state index contributed by atoms with van der Waals surface area (Å²) in [7, 11) is 0. The summed E-state index contributed by atoms with van der Waals surface area (Å²) in [6.07, 6.45) is 10.2. The van der Waals surface area contributed by atoms with Crippen LogP contribution in [-0.2, 0) is 9.59 Å². The molecule has 0 aromatic heterocycles. The van der Waals surface area contributed by atoms with Crippen molar-refractivity contribution in [3.63, 3.8) is 0 Å². The highest BCUT2D eigenvalue weighted by Gasteiger charge is 2.39. The van der Waals surface area contributed by atoms with E-state index < -0.39 is 0 Å². The summed E-state index contributed by atoms with van der Waals surface area (Å²) in [5, 5.41) is 4.91. The van der Waals surface area contributed by atoms with Gasteiger partial charge in [0.05, 0.1) is 6.04 Å². The fourth-order valence-corrected chi connectivity index (χ4v) is 4.30. The Kier molecular flexibility index (Phi) is 5.62. The maximum absolute atomic E-state index is 13.1. The SMILES string of the molecule is O=C(CCN1C=CN2NC(c3ccc(F)cc3)CC2C1=O)NC1CCCCC1. The third kappa shape index (κ3) is 4.19. The van der Waals surface area contributed by atoms with E-state index in [4.69, 9.17) is 0 Å². The molecular formula is C21H27FN4O2. The molecule has 4 rings (SSSR count). The zero-order valence-electron chi connectivity index (χ0n) is 15.9. The summed E-state index contributed by atoms with van der Waals surface area (Å²) < 4.78 is 13.1. The maximum Gasteiger partial charge on any atom is 0.250 e. The molecule has 7 heteroatoms. The Hall–Kier alpha value is -2.41. The van der Waals surface area contributed by atoms with Gasteiger partial charge in [-0.25, -0.2) is 9.82 Å². The highest BCUT2D eigenvalue weighted by atomic mass is 19.1. The standard InChI is InChI=1S/C21H27FN4O2/c22-16-8-6-15(7-9-16)18-14-19-21(28)25(12-13-26(19)24-18)11-10-20(27)23-17-4-2-1-3-5-17/h6-9,12-13,17-19,24H,1-5,10-11,14H2,(H,23,27). The third-order valence-electron chi connectivity index (χ3n) is 5.90. The van der Waals surface area contributed by atoms with Crippen LogP contribution in [0.25, 0.3) is 0 Å². The van der Waals surface area contributed by atoms with Crippen molar-refractivity contribution in [2.45, 2.75) is 63.1 Å². The van der Waals surface area contributed by atoms with Crippen LogP contribution in [0, 0.1) is 5.82 Å². The number of carbonyl (C=O) groups excluding carboxylic acids is 2. The van der Waals surface area contributed by atoms with Gasteiger partial charge in [0, 0.05) is 31.4 Å². The molecule has 1 aromatic rings. The van der Waals surface area contributed by atoms with Gasteiger partial charge >= 0.3 is 0 Å². The van der Waals surface area contributed by atoms with E-state index >= 15 is 0 Å². The van der Waals surface area contributed by atoms with Crippen LogP contribution in [0.5, 0.6) is 0 Å². The van der Waals surface area contributed by atoms with E-state index in [1.54, 1.807) is 23.2 Å². The minimum atomic E-state index is -0.304. The van der Waals surface area contributed by atoms with Gasteiger partial charge in [-0.3, -0.25) is 9.59 Å². The molecule has 0 bridgehead atoms. The van der Waals surface area contributed by atoms with Gasteiger partial charge in [0.15, 0.2) is 0 Å². The summed E-state index contributed by atoms with van der Waals surface area (Å²) in [4.78, 5) is 26.7. The van der Waals surface area contributed by atoms with Crippen LogP contribution in [0.3, 0.4) is 0 Å². The number of halogens is 1. The van der Waals surface area contributed by atoms with Gasteiger partial charge in [0.25, 0.3) is 5.91 Å². The molecule has 2 heterocycles. The Morgan fingerprint density at radius 3 is 2.64 bits per heavy atom. The average Bonchev–Trinajstić information content (AvgIpc) is 3.14. The van der Waals surface area contributed by atoms with Crippen molar-refractivity contribution < 1.29 is 14.0 Å². The lowest BCUT2D eigenvalue weighted by Crippen LogP contribution is -2.48. The molecule has 28 heavy (non-hydrogen) atoms. The number of hydrazine groups is 1. The lowest BCUT2D eigenvalue weighted by molar-refractivity contribution is -0.134. The second kappa shape index (κ2) is 8.31. The summed E-state index contributed by atoms with van der Waals surface area (Å²) in [5.74, 6) is -0.262. The molecule has 1 saturated carbocycles. The van der Waals surface area contributed by atoms with Gasteiger partial charge < -0.3 is 15.2 Å². The van der Waals surface area contributed by atoms with Crippen molar-refractivity contribution in [1.82, 2.24) is 20.7 Å². The molecule has 2 unspecified atom stereocenters. The Bertz CT molecular complexity index is 745. The van der Waals surface area contributed by atoms with Crippen molar-refractivity contribution in [3.8, 4) is 0 Å². The molecular weight excluding hydrogens is 359 g/mol. The number of hydrogen-bond donors (Lipinski definition) is 2. The van der Waals surface area contributed by atoms with Crippen molar-refractivity contribution in [1.29, 1.82) is 0 Å². The van der Waals surface area contributed by atoms with Crippen LogP contribution < -0.4 is 10.7 Å². The lowest BCUT2D eigenvalue weighted by Gasteiger charge is -2.32. The summed E-state index contributed by atoms with van der Waals surface area (Å²) >= 11 is 0. The molecule has 0 radical (unpaired) electrons. The quantitative estimate of drug-likeness (QED) is 0.817. The van der Waals surface area contributed by atoms with E-state index in [2.05, 4.69) is 10.7 Å². The second-order valence-corrected chi connectivity index (χ2v) is 7.87. The number of carbonyl (C=O) groups is 2. The Balaban J connectivity index is 1.30. The monoisotopic (exact) mass is 386 g/mol. The van der Waals surface area contributed by atoms with Gasteiger partial charge in [-0.1, -0.05) is 31.4 Å². The van der Waals surface area contributed by atoms with Gasteiger partial charge in [-0.2, -0.15) is 0 Å². The number of rotatable bonds is 5. The molecule has 2 atom stereocenters. The number of fused-ring (bicyclic) bond motifs is 1. The molecule has 0 spiro atoms. The predicted octanol–water partition coefficient (Wildman–Crippen LogP) is 2.60. The van der Waals surface area contributed by atoms with Gasteiger partial charge in [0.2, 0.25) is 5.91 Å². The maximum atomic E-state index is 13.1.